The summed E-state index contributed by atoms with van der Waals surface area (Å²) in [5, 5.41) is 10.1. The molecule has 1 N–H and O–H groups in total. The Labute approximate surface area is 103 Å². The number of aromatic nitrogens is 1. The number of ether oxygens (including phenoxy) is 1. The molecule has 0 radical (unpaired) electrons. The highest BCUT2D eigenvalue weighted by Crippen LogP contribution is 2.36. The van der Waals surface area contributed by atoms with E-state index >= 15 is 0 Å². The second-order valence-electron chi connectivity index (χ2n) is 4.96. The van der Waals surface area contributed by atoms with Crippen LogP contribution in [-0.4, -0.2) is 22.8 Å². The Balaban J connectivity index is 1.80. The highest BCUT2D eigenvalue weighted by atomic mass is 16.5. The van der Waals surface area contributed by atoms with Crippen molar-refractivity contribution in [1.29, 1.82) is 0 Å². The number of aryl methyl sites for hydroxylation is 1. The minimum atomic E-state index is -0.380. The van der Waals surface area contributed by atoms with Gasteiger partial charge in [-0.1, -0.05) is 6.07 Å². The van der Waals surface area contributed by atoms with E-state index in [-0.39, 0.29) is 6.10 Å². The van der Waals surface area contributed by atoms with Gasteiger partial charge in [0.05, 0.1) is 12.2 Å². The normalized spacial score (nSPS) is 25.4. The molecule has 1 aliphatic rings. The summed E-state index contributed by atoms with van der Waals surface area (Å²) in [4.78, 5) is 4.12. The number of pyridine rings is 1. The van der Waals surface area contributed by atoms with Crippen molar-refractivity contribution in [2.75, 3.05) is 6.61 Å². The highest BCUT2D eigenvalue weighted by Gasteiger charge is 2.31. The molecule has 94 valence electrons. The SMILES string of the molecule is CCOC1CC(CC(O)c2cncc(C)c2)C1. The van der Waals surface area contributed by atoms with E-state index in [9.17, 15) is 5.11 Å². The molecule has 1 heterocycles. The van der Waals surface area contributed by atoms with Crippen molar-refractivity contribution in [3.8, 4) is 0 Å². The van der Waals surface area contributed by atoms with E-state index in [1.54, 1.807) is 6.20 Å². The predicted molar refractivity (Wildman–Crippen MR) is 66.7 cm³/mol. The standard InChI is InChI=1S/C14H21NO2/c1-3-17-13-5-11(6-13)7-14(16)12-4-10(2)8-15-9-12/h4,8-9,11,13-14,16H,3,5-7H2,1-2H3. The molecular formula is C14H21NO2. The molecule has 1 saturated carbocycles. The van der Waals surface area contributed by atoms with Gasteiger partial charge >= 0.3 is 0 Å². The Hall–Kier alpha value is -0.930. The second-order valence-corrected chi connectivity index (χ2v) is 4.96. The first-order valence-electron chi connectivity index (χ1n) is 6.40. The van der Waals surface area contributed by atoms with Gasteiger partial charge in [0.1, 0.15) is 0 Å². The molecule has 0 aromatic carbocycles. The fourth-order valence-electron chi connectivity index (χ4n) is 2.45. The topological polar surface area (TPSA) is 42.4 Å². The third-order valence-corrected chi connectivity index (χ3v) is 3.43. The van der Waals surface area contributed by atoms with E-state index < -0.39 is 0 Å². The van der Waals surface area contributed by atoms with Crippen LogP contribution in [0.15, 0.2) is 18.5 Å². The van der Waals surface area contributed by atoms with E-state index in [4.69, 9.17) is 4.74 Å². The number of aliphatic hydroxyl groups excluding tert-OH is 1. The summed E-state index contributed by atoms with van der Waals surface area (Å²) in [6.45, 7) is 4.82. The lowest BCUT2D eigenvalue weighted by atomic mass is 9.78. The average molecular weight is 235 g/mol. The van der Waals surface area contributed by atoms with Gasteiger partial charge < -0.3 is 9.84 Å². The van der Waals surface area contributed by atoms with Crippen LogP contribution in [0.1, 0.15) is 43.4 Å². The third kappa shape index (κ3) is 3.27. The molecule has 1 aromatic heterocycles. The fraction of sp³-hybridized carbons (Fsp3) is 0.643. The monoisotopic (exact) mass is 235 g/mol. The Bertz CT molecular complexity index is 361. The lowest BCUT2D eigenvalue weighted by Crippen LogP contribution is -2.32. The molecular weight excluding hydrogens is 214 g/mol. The maximum Gasteiger partial charge on any atom is 0.0807 e. The summed E-state index contributed by atoms with van der Waals surface area (Å²) in [5.41, 5.74) is 2.03. The van der Waals surface area contributed by atoms with Crippen LogP contribution in [0.25, 0.3) is 0 Å². The van der Waals surface area contributed by atoms with Crippen LogP contribution in [0.4, 0.5) is 0 Å². The minimum Gasteiger partial charge on any atom is -0.388 e. The molecule has 1 atom stereocenters. The zero-order valence-electron chi connectivity index (χ0n) is 10.6. The molecule has 17 heavy (non-hydrogen) atoms. The van der Waals surface area contributed by atoms with Crippen molar-refractivity contribution >= 4 is 0 Å². The Morgan fingerprint density at radius 3 is 2.88 bits per heavy atom. The van der Waals surface area contributed by atoms with Crippen LogP contribution in [0.5, 0.6) is 0 Å². The van der Waals surface area contributed by atoms with Gasteiger partial charge in [0.25, 0.3) is 0 Å². The summed E-state index contributed by atoms with van der Waals surface area (Å²) in [5.74, 6) is 0.599. The number of rotatable bonds is 5. The van der Waals surface area contributed by atoms with Crippen molar-refractivity contribution < 1.29 is 9.84 Å². The van der Waals surface area contributed by atoms with Crippen LogP contribution in [-0.2, 0) is 4.74 Å². The Morgan fingerprint density at radius 2 is 2.24 bits per heavy atom. The molecule has 0 bridgehead atoms. The average Bonchev–Trinajstić information content (AvgIpc) is 2.26. The Kier molecular flexibility index (Phi) is 4.13. The highest BCUT2D eigenvalue weighted by molar-refractivity contribution is 5.18. The molecule has 0 spiro atoms. The first-order valence-corrected chi connectivity index (χ1v) is 6.40. The predicted octanol–water partition coefficient (Wildman–Crippen LogP) is 2.63. The lowest BCUT2D eigenvalue weighted by molar-refractivity contribution is -0.0380. The fourth-order valence-corrected chi connectivity index (χ4v) is 2.45. The van der Waals surface area contributed by atoms with Crippen molar-refractivity contribution in [1.82, 2.24) is 4.98 Å². The zero-order chi connectivity index (χ0) is 12.3. The second kappa shape index (κ2) is 5.61. The maximum atomic E-state index is 10.1. The van der Waals surface area contributed by atoms with Gasteiger partial charge in [-0.05, 0) is 50.2 Å². The van der Waals surface area contributed by atoms with E-state index in [0.717, 1.165) is 37.0 Å². The third-order valence-electron chi connectivity index (χ3n) is 3.43. The summed E-state index contributed by atoms with van der Waals surface area (Å²) in [6, 6.07) is 2.01. The number of hydrogen-bond donors (Lipinski definition) is 1. The summed E-state index contributed by atoms with van der Waals surface area (Å²) >= 11 is 0. The van der Waals surface area contributed by atoms with Gasteiger partial charge in [-0.2, -0.15) is 0 Å². The zero-order valence-corrected chi connectivity index (χ0v) is 10.6. The smallest absolute Gasteiger partial charge is 0.0807 e. The van der Waals surface area contributed by atoms with Crippen molar-refractivity contribution in [2.45, 2.75) is 45.3 Å². The molecule has 1 aliphatic carbocycles. The largest absolute Gasteiger partial charge is 0.388 e. The molecule has 0 amide bonds. The van der Waals surface area contributed by atoms with Crippen LogP contribution in [0.2, 0.25) is 0 Å². The van der Waals surface area contributed by atoms with Gasteiger partial charge in [-0.15, -0.1) is 0 Å². The van der Waals surface area contributed by atoms with Gasteiger partial charge in [0.15, 0.2) is 0 Å². The first-order chi connectivity index (χ1) is 8.19. The number of nitrogens with zero attached hydrogens (tertiary/aromatic N) is 1. The van der Waals surface area contributed by atoms with E-state index in [0.29, 0.717) is 12.0 Å². The van der Waals surface area contributed by atoms with Crippen LogP contribution < -0.4 is 0 Å². The summed E-state index contributed by atoms with van der Waals surface area (Å²) < 4.78 is 5.52. The van der Waals surface area contributed by atoms with Gasteiger partial charge in [-0.3, -0.25) is 4.98 Å². The molecule has 3 nitrogen and oxygen atoms in total. The molecule has 0 aliphatic heterocycles. The van der Waals surface area contributed by atoms with Gasteiger partial charge in [0.2, 0.25) is 0 Å². The summed E-state index contributed by atoms with van der Waals surface area (Å²) in [7, 11) is 0. The molecule has 1 unspecified atom stereocenters. The van der Waals surface area contributed by atoms with Gasteiger partial charge in [-0.25, -0.2) is 0 Å². The molecule has 1 aromatic rings. The van der Waals surface area contributed by atoms with Crippen LogP contribution >= 0.6 is 0 Å². The van der Waals surface area contributed by atoms with Crippen molar-refractivity contribution in [3.05, 3.63) is 29.6 Å². The lowest BCUT2D eigenvalue weighted by Gasteiger charge is -2.36. The van der Waals surface area contributed by atoms with Crippen LogP contribution in [0.3, 0.4) is 0 Å². The molecule has 1 fully saturated rings. The maximum absolute atomic E-state index is 10.1. The van der Waals surface area contributed by atoms with Crippen molar-refractivity contribution in [3.63, 3.8) is 0 Å². The Morgan fingerprint density at radius 1 is 1.47 bits per heavy atom. The quantitative estimate of drug-likeness (QED) is 0.853. The summed E-state index contributed by atoms with van der Waals surface area (Å²) in [6.07, 6.45) is 6.62. The van der Waals surface area contributed by atoms with Gasteiger partial charge in [0, 0.05) is 19.0 Å². The number of hydrogen-bond acceptors (Lipinski definition) is 3. The minimum absolute atomic E-state index is 0.380. The van der Waals surface area contributed by atoms with E-state index in [1.807, 2.05) is 26.1 Å². The number of aliphatic hydroxyl groups is 1. The van der Waals surface area contributed by atoms with E-state index in [2.05, 4.69) is 4.98 Å². The first kappa shape index (κ1) is 12.5. The molecule has 2 rings (SSSR count). The van der Waals surface area contributed by atoms with E-state index in [1.165, 1.54) is 0 Å². The van der Waals surface area contributed by atoms with Crippen LogP contribution in [0, 0.1) is 12.8 Å². The van der Waals surface area contributed by atoms with Crippen molar-refractivity contribution in [2.24, 2.45) is 5.92 Å². The molecule has 0 saturated heterocycles. The molecule has 3 heteroatoms.